The molecule has 122 valence electrons. The van der Waals surface area contributed by atoms with Crippen LogP contribution in [0.15, 0.2) is 65.8 Å². The summed E-state index contributed by atoms with van der Waals surface area (Å²) in [6.07, 6.45) is 13.3. The van der Waals surface area contributed by atoms with E-state index in [1.165, 1.54) is 0 Å². The Bertz CT molecular complexity index is 769. The summed E-state index contributed by atoms with van der Waals surface area (Å²) in [6, 6.07) is 6.74. The minimum Gasteiger partial charge on any atom is -0.399 e. The fourth-order valence-corrected chi connectivity index (χ4v) is 3.28. The molecule has 1 aromatic carbocycles. The molecule has 3 rings (SSSR count). The third-order valence-corrected chi connectivity index (χ3v) is 4.57. The number of allylic oxidation sites excluding steroid dienone is 5. The summed E-state index contributed by atoms with van der Waals surface area (Å²) in [4.78, 5) is 30.6. The third-order valence-electron chi connectivity index (χ3n) is 4.57. The molecule has 1 aromatic rings. The lowest BCUT2D eigenvalue weighted by molar-refractivity contribution is -0.125. The maximum absolute atomic E-state index is 13.3. The highest BCUT2D eigenvalue weighted by atomic mass is 16.2. The first-order valence-corrected chi connectivity index (χ1v) is 8.16. The Morgan fingerprint density at radius 2 is 1.79 bits per heavy atom. The van der Waals surface area contributed by atoms with Gasteiger partial charge in [0.1, 0.15) is 5.41 Å². The van der Waals surface area contributed by atoms with Gasteiger partial charge in [-0.05, 0) is 49.3 Å². The molecule has 24 heavy (non-hydrogen) atoms. The fraction of sp³-hybridized carbons (Fsp3) is 0.250. The van der Waals surface area contributed by atoms with Crippen LogP contribution in [0.2, 0.25) is 0 Å². The first-order valence-electron chi connectivity index (χ1n) is 8.16. The summed E-state index contributed by atoms with van der Waals surface area (Å²) in [5.74, 6) is -0.231. The molecule has 0 spiro atoms. The Labute approximate surface area is 141 Å². The number of carbonyl (C=O) groups excluding carboxylic acids is 2. The molecule has 2 N–H and O–H groups in total. The average molecular weight is 320 g/mol. The largest absolute Gasteiger partial charge is 0.399 e. The minimum atomic E-state index is -1.19. The zero-order valence-electron chi connectivity index (χ0n) is 13.4. The van der Waals surface area contributed by atoms with Crippen LogP contribution in [0.3, 0.4) is 0 Å². The molecule has 0 radical (unpaired) electrons. The number of carbonyl (C=O) groups is 2. The highest BCUT2D eigenvalue weighted by Crippen LogP contribution is 2.39. The SMILES string of the molecule is Nc1ccc(C(=O)C2(C3=NC=CC=CC=C3)CCCCC2=O)cc1. The van der Waals surface area contributed by atoms with E-state index >= 15 is 0 Å². The van der Waals surface area contributed by atoms with E-state index in [4.69, 9.17) is 5.73 Å². The van der Waals surface area contributed by atoms with Crippen LogP contribution in [0.5, 0.6) is 0 Å². The van der Waals surface area contributed by atoms with E-state index in [2.05, 4.69) is 4.99 Å². The van der Waals surface area contributed by atoms with Gasteiger partial charge in [-0.1, -0.05) is 24.6 Å². The first-order chi connectivity index (χ1) is 11.6. The lowest BCUT2D eigenvalue weighted by atomic mass is 9.65. The molecule has 1 heterocycles. The number of nitrogen functional groups attached to an aromatic ring is 1. The van der Waals surface area contributed by atoms with E-state index in [0.717, 1.165) is 12.8 Å². The van der Waals surface area contributed by atoms with E-state index in [1.54, 1.807) is 42.6 Å². The average Bonchev–Trinajstić information content (AvgIpc) is 2.56. The lowest BCUT2D eigenvalue weighted by Crippen LogP contribution is -2.47. The number of ketones is 2. The second-order valence-corrected chi connectivity index (χ2v) is 6.09. The van der Waals surface area contributed by atoms with Crippen LogP contribution >= 0.6 is 0 Å². The third kappa shape index (κ3) is 2.87. The van der Waals surface area contributed by atoms with E-state index in [0.29, 0.717) is 29.8 Å². The number of Topliss-reactive ketones (excluding diaryl/α,β-unsaturated/α-hetero) is 2. The molecule has 4 heteroatoms. The number of hydrogen-bond acceptors (Lipinski definition) is 4. The van der Waals surface area contributed by atoms with Gasteiger partial charge in [-0.25, -0.2) is 0 Å². The maximum Gasteiger partial charge on any atom is 0.182 e. The number of benzene rings is 1. The van der Waals surface area contributed by atoms with Gasteiger partial charge in [-0.15, -0.1) is 0 Å². The molecule has 1 fully saturated rings. The number of nitrogens with two attached hydrogens (primary N) is 1. The van der Waals surface area contributed by atoms with Crippen molar-refractivity contribution < 1.29 is 9.59 Å². The molecule has 0 aromatic heterocycles. The Morgan fingerprint density at radius 1 is 1.04 bits per heavy atom. The van der Waals surface area contributed by atoms with E-state index < -0.39 is 5.41 Å². The predicted octanol–water partition coefficient (Wildman–Crippen LogP) is 3.66. The molecule has 0 amide bonds. The van der Waals surface area contributed by atoms with Crippen molar-refractivity contribution in [1.29, 1.82) is 0 Å². The van der Waals surface area contributed by atoms with E-state index in [-0.39, 0.29) is 11.6 Å². The highest BCUT2D eigenvalue weighted by Gasteiger charge is 2.49. The van der Waals surface area contributed by atoms with Crippen LogP contribution in [-0.4, -0.2) is 17.3 Å². The fourth-order valence-electron chi connectivity index (χ4n) is 3.28. The molecule has 1 atom stereocenters. The van der Waals surface area contributed by atoms with Crippen molar-refractivity contribution in [2.75, 3.05) is 5.73 Å². The topological polar surface area (TPSA) is 72.5 Å². The zero-order valence-corrected chi connectivity index (χ0v) is 13.4. The summed E-state index contributed by atoms with van der Waals surface area (Å²) in [7, 11) is 0. The van der Waals surface area contributed by atoms with Crippen molar-refractivity contribution >= 4 is 23.0 Å². The van der Waals surface area contributed by atoms with Crippen molar-refractivity contribution in [3.8, 4) is 0 Å². The number of nitrogens with zero attached hydrogens (tertiary/aromatic N) is 1. The van der Waals surface area contributed by atoms with E-state index in [1.807, 2.05) is 18.2 Å². The lowest BCUT2D eigenvalue weighted by Gasteiger charge is -2.34. The van der Waals surface area contributed by atoms with Crippen LogP contribution in [-0.2, 0) is 4.79 Å². The predicted molar refractivity (Wildman–Crippen MR) is 95.9 cm³/mol. The van der Waals surface area contributed by atoms with Crippen molar-refractivity contribution in [2.45, 2.75) is 25.7 Å². The molecular formula is C20H20N2O2. The number of rotatable bonds is 3. The van der Waals surface area contributed by atoms with Crippen LogP contribution in [0.25, 0.3) is 0 Å². The molecule has 1 aliphatic heterocycles. The van der Waals surface area contributed by atoms with Gasteiger partial charge in [0.25, 0.3) is 0 Å². The maximum atomic E-state index is 13.3. The van der Waals surface area contributed by atoms with Crippen LogP contribution in [0.1, 0.15) is 36.0 Å². The summed E-state index contributed by atoms with van der Waals surface area (Å²) in [5.41, 5.74) is 6.13. The molecule has 1 aliphatic carbocycles. The molecule has 1 unspecified atom stereocenters. The van der Waals surface area contributed by atoms with Crippen molar-refractivity contribution in [1.82, 2.24) is 0 Å². The van der Waals surface area contributed by atoms with Gasteiger partial charge in [-0.2, -0.15) is 0 Å². The van der Waals surface area contributed by atoms with Gasteiger partial charge in [0.15, 0.2) is 11.6 Å². The monoisotopic (exact) mass is 320 g/mol. The molecule has 0 bridgehead atoms. The van der Waals surface area contributed by atoms with Gasteiger partial charge in [0, 0.05) is 23.9 Å². The Balaban J connectivity index is 2.10. The quantitative estimate of drug-likeness (QED) is 0.525. The first kappa shape index (κ1) is 16.1. The molecule has 4 nitrogen and oxygen atoms in total. The van der Waals surface area contributed by atoms with E-state index in [9.17, 15) is 9.59 Å². The summed E-state index contributed by atoms with van der Waals surface area (Å²) in [5, 5.41) is 0. The second kappa shape index (κ2) is 6.79. The van der Waals surface area contributed by atoms with Gasteiger partial charge < -0.3 is 5.73 Å². The van der Waals surface area contributed by atoms with Crippen LogP contribution in [0, 0.1) is 5.41 Å². The second-order valence-electron chi connectivity index (χ2n) is 6.09. The highest BCUT2D eigenvalue weighted by molar-refractivity contribution is 6.32. The number of hydrogen-bond donors (Lipinski definition) is 1. The van der Waals surface area contributed by atoms with Crippen molar-refractivity contribution in [2.24, 2.45) is 10.4 Å². The van der Waals surface area contributed by atoms with Gasteiger partial charge in [0.2, 0.25) is 0 Å². The molecule has 1 saturated carbocycles. The smallest absolute Gasteiger partial charge is 0.182 e. The normalized spacial score (nSPS) is 23.5. The standard InChI is InChI=1S/C20H20N2O2/c21-16-11-9-15(10-12-16)19(24)20(13-5-4-8-18(20)23)17-7-3-1-2-6-14-22-17/h1-3,6-7,9-12,14H,4-5,8,13,21H2. The number of aliphatic imine (C=N–C) groups is 1. The van der Waals surface area contributed by atoms with Gasteiger partial charge in [-0.3, -0.25) is 14.6 Å². The van der Waals surface area contributed by atoms with Gasteiger partial charge in [0.05, 0.1) is 5.71 Å². The van der Waals surface area contributed by atoms with Crippen molar-refractivity contribution in [3.05, 3.63) is 66.4 Å². The van der Waals surface area contributed by atoms with Crippen LogP contribution in [0.4, 0.5) is 5.69 Å². The Morgan fingerprint density at radius 3 is 2.54 bits per heavy atom. The molecule has 0 saturated heterocycles. The summed E-state index contributed by atoms with van der Waals surface area (Å²) >= 11 is 0. The molecule has 2 aliphatic rings. The molecular weight excluding hydrogens is 300 g/mol. The summed E-state index contributed by atoms with van der Waals surface area (Å²) in [6.45, 7) is 0. The zero-order chi connectivity index (χ0) is 17.0. The van der Waals surface area contributed by atoms with Crippen LogP contribution < -0.4 is 5.73 Å². The Hall–Kier alpha value is -2.75. The summed E-state index contributed by atoms with van der Waals surface area (Å²) < 4.78 is 0. The van der Waals surface area contributed by atoms with Gasteiger partial charge >= 0.3 is 0 Å². The minimum absolute atomic E-state index is 0.0445. The van der Waals surface area contributed by atoms with Crippen molar-refractivity contribution in [3.63, 3.8) is 0 Å². The Kier molecular flexibility index (Phi) is 4.56. The number of anilines is 1.